The minimum atomic E-state index is -0.871. The molecule has 0 radical (unpaired) electrons. The molecule has 0 aromatic heterocycles. The summed E-state index contributed by atoms with van der Waals surface area (Å²) < 4.78 is 25.7. The molecule has 1 unspecified atom stereocenters. The van der Waals surface area contributed by atoms with Gasteiger partial charge in [-0.15, -0.1) is 0 Å². The second kappa shape index (κ2) is 5.44. The highest BCUT2D eigenvalue weighted by atomic mass is 19.2. The van der Waals surface area contributed by atoms with E-state index in [-0.39, 0.29) is 11.9 Å². The molecule has 3 nitrogen and oxygen atoms in total. The van der Waals surface area contributed by atoms with Gasteiger partial charge in [-0.2, -0.15) is 0 Å². The molecule has 2 N–H and O–H groups in total. The van der Waals surface area contributed by atoms with E-state index in [0.717, 1.165) is 25.0 Å². The van der Waals surface area contributed by atoms with Crippen molar-refractivity contribution < 1.29 is 13.6 Å². The molecule has 0 spiro atoms. The van der Waals surface area contributed by atoms with Crippen LogP contribution in [-0.2, 0) is 11.3 Å². The molecule has 1 aromatic rings. The van der Waals surface area contributed by atoms with Crippen molar-refractivity contribution in [3.8, 4) is 0 Å². The Balaban J connectivity index is 1.82. The first-order valence-electron chi connectivity index (χ1n) is 6.04. The molecule has 0 saturated heterocycles. The standard InChI is InChI=1S/C13H16F2N2O/c1-8(13(18)17-10-3-4-10)16-7-9-2-5-11(14)12(15)6-9/h2,5-6,8,10,16H,3-4,7H2,1H3,(H,17,18). The summed E-state index contributed by atoms with van der Waals surface area (Å²) in [5.41, 5.74) is 0.611. The predicted octanol–water partition coefficient (Wildman–Crippen LogP) is 1.72. The molecule has 1 fully saturated rings. The summed E-state index contributed by atoms with van der Waals surface area (Å²) in [6, 6.07) is 3.69. The Morgan fingerprint density at radius 1 is 1.39 bits per heavy atom. The van der Waals surface area contributed by atoms with Crippen molar-refractivity contribution in [3.63, 3.8) is 0 Å². The molecule has 0 bridgehead atoms. The summed E-state index contributed by atoms with van der Waals surface area (Å²) in [5.74, 6) is -1.79. The summed E-state index contributed by atoms with van der Waals surface area (Å²) in [5, 5.41) is 5.85. The number of benzene rings is 1. The van der Waals surface area contributed by atoms with E-state index < -0.39 is 11.6 Å². The monoisotopic (exact) mass is 254 g/mol. The molecule has 18 heavy (non-hydrogen) atoms. The fourth-order valence-electron chi connectivity index (χ4n) is 1.57. The van der Waals surface area contributed by atoms with Crippen LogP contribution in [0.2, 0.25) is 0 Å². The van der Waals surface area contributed by atoms with Crippen LogP contribution in [0.1, 0.15) is 25.3 Å². The smallest absolute Gasteiger partial charge is 0.237 e. The van der Waals surface area contributed by atoms with Crippen molar-refractivity contribution >= 4 is 5.91 Å². The van der Waals surface area contributed by atoms with Crippen LogP contribution in [-0.4, -0.2) is 18.0 Å². The molecule has 1 atom stereocenters. The zero-order valence-corrected chi connectivity index (χ0v) is 10.2. The van der Waals surface area contributed by atoms with Crippen molar-refractivity contribution in [2.75, 3.05) is 0 Å². The van der Waals surface area contributed by atoms with Crippen LogP contribution in [0.15, 0.2) is 18.2 Å². The Labute approximate surface area is 105 Å². The van der Waals surface area contributed by atoms with Gasteiger partial charge in [0.05, 0.1) is 6.04 Å². The maximum Gasteiger partial charge on any atom is 0.237 e. The first-order chi connectivity index (χ1) is 8.56. The van der Waals surface area contributed by atoms with E-state index in [2.05, 4.69) is 10.6 Å². The zero-order valence-electron chi connectivity index (χ0n) is 10.2. The lowest BCUT2D eigenvalue weighted by Crippen LogP contribution is -2.42. The van der Waals surface area contributed by atoms with Crippen molar-refractivity contribution in [1.82, 2.24) is 10.6 Å². The van der Waals surface area contributed by atoms with Gasteiger partial charge in [-0.05, 0) is 37.5 Å². The normalized spacial score (nSPS) is 16.4. The SMILES string of the molecule is CC(NCc1ccc(F)c(F)c1)C(=O)NC1CC1. The average Bonchev–Trinajstić information content (AvgIpc) is 3.14. The van der Waals surface area contributed by atoms with Gasteiger partial charge in [0, 0.05) is 12.6 Å². The van der Waals surface area contributed by atoms with Crippen molar-refractivity contribution in [3.05, 3.63) is 35.4 Å². The lowest BCUT2D eigenvalue weighted by Gasteiger charge is -2.13. The van der Waals surface area contributed by atoms with Crippen LogP contribution in [0.5, 0.6) is 0 Å². The third-order valence-corrected chi connectivity index (χ3v) is 2.91. The summed E-state index contributed by atoms with van der Waals surface area (Å²) in [6.45, 7) is 2.08. The van der Waals surface area contributed by atoms with Gasteiger partial charge in [-0.1, -0.05) is 6.07 Å². The molecule has 0 heterocycles. The highest BCUT2D eigenvalue weighted by Crippen LogP contribution is 2.18. The molecule has 1 aromatic carbocycles. The van der Waals surface area contributed by atoms with E-state index in [1.165, 1.54) is 6.07 Å². The Bertz CT molecular complexity index is 447. The number of carbonyl (C=O) groups is 1. The molecule has 98 valence electrons. The fraction of sp³-hybridized carbons (Fsp3) is 0.462. The van der Waals surface area contributed by atoms with Crippen LogP contribution in [0.3, 0.4) is 0 Å². The van der Waals surface area contributed by atoms with Gasteiger partial charge in [0.2, 0.25) is 5.91 Å². The van der Waals surface area contributed by atoms with Gasteiger partial charge in [0.25, 0.3) is 0 Å². The number of halogens is 2. The highest BCUT2D eigenvalue weighted by molar-refractivity contribution is 5.81. The summed E-state index contributed by atoms with van der Waals surface area (Å²) in [4.78, 5) is 11.6. The van der Waals surface area contributed by atoms with E-state index in [1.54, 1.807) is 6.92 Å². The topological polar surface area (TPSA) is 41.1 Å². The second-order valence-electron chi connectivity index (χ2n) is 4.63. The number of hydrogen-bond acceptors (Lipinski definition) is 2. The number of amides is 1. The molecule has 0 aliphatic heterocycles. The molecule has 1 amide bonds. The van der Waals surface area contributed by atoms with Crippen molar-refractivity contribution in [1.29, 1.82) is 0 Å². The van der Waals surface area contributed by atoms with Crippen molar-refractivity contribution in [2.24, 2.45) is 0 Å². The first-order valence-corrected chi connectivity index (χ1v) is 6.04. The molecular formula is C13H16F2N2O. The maximum absolute atomic E-state index is 13.0. The lowest BCUT2D eigenvalue weighted by molar-refractivity contribution is -0.122. The fourth-order valence-corrected chi connectivity index (χ4v) is 1.57. The number of carbonyl (C=O) groups excluding carboxylic acids is 1. The lowest BCUT2D eigenvalue weighted by atomic mass is 10.2. The quantitative estimate of drug-likeness (QED) is 0.840. The molecule has 1 saturated carbocycles. The molecule has 2 rings (SSSR count). The Morgan fingerprint density at radius 3 is 2.72 bits per heavy atom. The minimum Gasteiger partial charge on any atom is -0.352 e. The van der Waals surface area contributed by atoms with Gasteiger partial charge < -0.3 is 10.6 Å². The van der Waals surface area contributed by atoms with Gasteiger partial charge in [-0.3, -0.25) is 4.79 Å². The Hall–Kier alpha value is -1.49. The highest BCUT2D eigenvalue weighted by Gasteiger charge is 2.25. The van der Waals surface area contributed by atoms with Gasteiger partial charge >= 0.3 is 0 Å². The van der Waals surface area contributed by atoms with E-state index >= 15 is 0 Å². The van der Waals surface area contributed by atoms with Gasteiger partial charge in [0.1, 0.15) is 0 Å². The molecule has 5 heteroatoms. The second-order valence-corrected chi connectivity index (χ2v) is 4.63. The minimum absolute atomic E-state index is 0.0555. The van der Waals surface area contributed by atoms with Crippen LogP contribution in [0.25, 0.3) is 0 Å². The third-order valence-electron chi connectivity index (χ3n) is 2.91. The zero-order chi connectivity index (χ0) is 13.1. The number of hydrogen-bond donors (Lipinski definition) is 2. The summed E-state index contributed by atoms with van der Waals surface area (Å²) >= 11 is 0. The Morgan fingerprint density at radius 2 is 2.11 bits per heavy atom. The van der Waals surface area contributed by atoms with Gasteiger partial charge in [-0.25, -0.2) is 8.78 Å². The van der Waals surface area contributed by atoms with Crippen LogP contribution in [0, 0.1) is 11.6 Å². The molecular weight excluding hydrogens is 238 g/mol. The first kappa shape index (κ1) is 13.0. The van der Waals surface area contributed by atoms with Crippen LogP contribution in [0.4, 0.5) is 8.78 Å². The summed E-state index contributed by atoms with van der Waals surface area (Å²) in [6.07, 6.45) is 2.09. The van der Waals surface area contributed by atoms with Crippen molar-refractivity contribution in [2.45, 2.75) is 38.4 Å². The predicted molar refractivity (Wildman–Crippen MR) is 63.8 cm³/mol. The molecule has 1 aliphatic carbocycles. The van der Waals surface area contributed by atoms with E-state index in [0.29, 0.717) is 18.2 Å². The van der Waals surface area contributed by atoms with Crippen LogP contribution < -0.4 is 10.6 Å². The van der Waals surface area contributed by atoms with E-state index in [1.807, 2.05) is 0 Å². The molecule has 1 aliphatic rings. The van der Waals surface area contributed by atoms with E-state index in [9.17, 15) is 13.6 Å². The summed E-state index contributed by atoms with van der Waals surface area (Å²) in [7, 11) is 0. The number of nitrogens with one attached hydrogen (secondary N) is 2. The van der Waals surface area contributed by atoms with Gasteiger partial charge in [0.15, 0.2) is 11.6 Å². The van der Waals surface area contributed by atoms with Crippen LogP contribution >= 0.6 is 0 Å². The van der Waals surface area contributed by atoms with E-state index in [4.69, 9.17) is 0 Å². The average molecular weight is 254 g/mol. The third kappa shape index (κ3) is 3.50. The number of rotatable bonds is 5. The Kier molecular flexibility index (Phi) is 3.91. The largest absolute Gasteiger partial charge is 0.352 e. The maximum atomic E-state index is 13.0.